The van der Waals surface area contributed by atoms with Crippen molar-refractivity contribution in [3.63, 3.8) is 0 Å². The molecule has 1 aromatic rings. The second kappa shape index (κ2) is 5.59. The van der Waals surface area contributed by atoms with Crippen LogP contribution < -0.4 is 5.32 Å². The Balaban J connectivity index is 2.85. The van der Waals surface area contributed by atoms with Crippen LogP contribution in [-0.4, -0.2) is 23.4 Å². The number of para-hydroxylation sites is 2. The highest BCUT2D eigenvalue weighted by Crippen LogP contribution is 2.22. The van der Waals surface area contributed by atoms with Gasteiger partial charge < -0.3 is 10.1 Å². The van der Waals surface area contributed by atoms with Crippen LogP contribution in [0.4, 0.5) is 11.4 Å². The van der Waals surface area contributed by atoms with E-state index in [4.69, 9.17) is 0 Å². The molecule has 0 aromatic heterocycles. The molecule has 0 bridgehead atoms. The summed E-state index contributed by atoms with van der Waals surface area (Å²) >= 11 is 0. The van der Waals surface area contributed by atoms with Crippen molar-refractivity contribution in [2.45, 2.75) is 6.92 Å². The van der Waals surface area contributed by atoms with Gasteiger partial charge in [-0.2, -0.15) is 0 Å². The molecule has 1 amide bonds. The molecule has 1 rings (SSSR count). The van der Waals surface area contributed by atoms with Gasteiger partial charge in [-0.1, -0.05) is 12.1 Å². The summed E-state index contributed by atoms with van der Waals surface area (Å²) in [6, 6.07) is 5.52. The largest absolute Gasteiger partial charge is 0.459 e. The van der Waals surface area contributed by atoms with Crippen LogP contribution in [0.5, 0.6) is 0 Å². The number of nitro groups is 1. The van der Waals surface area contributed by atoms with Crippen LogP contribution in [0.1, 0.15) is 6.92 Å². The topological polar surface area (TPSA) is 98.5 Å². The summed E-state index contributed by atoms with van der Waals surface area (Å²) in [7, 11) is 0. The third-order valence-electron chi connectivity index (χ3n) is 1.81. The third kappa shape index (κ3) is 3.26. The van der Waals surface area contributed by atoms with Crippen molar-refractivity contribution < 1.29 is 19.2 Å². The second-order valence-corrected chi connectivity index (χ2v) is 2.95. The maximum Gasteiger partial charge on any atom is 0.397 e. The van der Waals surface area contributed by atoms with Crippen LogP contribution in [0, 0.1) is 10.1 Å². The predicted molar refractivity (Wildman–Crippen MR) is 58.4 cm³/mol. The Labute approximate surface area is 96.5 Å². The molecule has 1 N–H and O–H groups in total. The average Bonchev–Trinajstić information content (AvgIpc) is 2.29. The van der Waals surface area contributed by atoms with Gasteiger partial charge in [0.1, 0.15) is 5.69 Å². The molecule has 0 aliphatic carbocycles. The Bertz CT molecular complexity index is 458. The van der Waals surface area contributed by atoms with Crippen molar-refractivity contribution in [3.05, 3.63) is 34.4 Å². The molecule has 0 fully saturated rings. The maximum atomic E-state index is 11.3. The van der Waals surface area contributed by atoms with Crippen molar-refractivity contribution in [1.82, 2.24) is 0 Å². The fourth-order valence-electron chi connectivity index (χ4n) is 1.11. The standard InChI is InChI=1S/C10H10N2O5/c1-2-17-10(14)9(13)11-7-5-3-4-6-8(7)12(15)16/h3-6H,2H2,1H3,(H,11,13). The summed E-state index contributed by atoms with van der Waals surface area (Å²) in [4.78, 5) is 32.3. The van der Waals surface area contributed by atoms with Crippen LogP contribution in [0.3, 0.4) is 0 Å². The Morgan fingerprint density at radius 3 is 2.65 bits per heavy atom. The van der Waals surface area contributed by atoms with Crippen molar-refractivity contribution in [3.8, 4) is 0 Å². The lowest BCUT2D eigenvalue weighted by molar-refractivity contribution is -0.383. The number of hydrogen-bond donors (Lipinski definition) is 1. The van der Waals surface area contributed by atoms with Gasteiger partial charge in [-0.25, -0.2) is 4.79 Å². The van der Waals surface area contributed by atoms with E-state index in [1.54, 1.807) is 6.92 Å². The molecule has 17 heavy (non-hydrogen) atoms. The second-order valence-electron chi connectivity index (χ2n) is 2.95. The van der Waals surface area contributed by atoms with E-state index >= 15 is 0 Å². The molecule has 0 saturated carbocycles. The van der Waals surface area contributed by atoms with Crippen LogP contribution in [0.2, 0.25) is 0 Å². The molecule has 0 atom stereocenters. The first kappa shape index (κ1) is 12.6. The smallest absolute Gasteiger partial charge is 0.397 e. The summed E-state index contributed by atoms with van der Waals surface area (Å²) in [5.74, 6) is -2.12. The van der Waals surface area contributed by atoms with Gasteiger partial charge in [0.15, 0.2) is 0 Å². The van der Waals surface area contributed by atoms with Crippen molar-refractivity contribution in [1.29, 1.82) is 0 Å². The number of nitrogens with one attached hydrogen (secondary N) is 1. The lowest BCUT2D eigenvalue weighted by atomic mass is 10.2. The molecule has 0 unspecified atom stereocenters. The fourth-order valence-corrected chi connectivity index (χ4v) is 1.11. The zero-order valence-electron chi connectivity index (χ0n) is 9.00. The molecule has 0 saturated heterocycles. The zero-order valence-corrected chi connectivity index (χ0v) is 9.00. The molecule has 7 nitrogen and oxygen atoms in total. The lowest BCUT2D eigenvalue weighted by Crippen LogP contribution is -2.25. The number of nitro benzene ring substituents is 1. The maximum absolute atomic E-state index is 11.3. The van der Waals surface area contributed by atoms with Gasteiger partial charge >= 0.3 is 11.9 Å². The van der Waals surface area contributed by atoms with Gasteiger partial charge in [0.2, 0.25) is 0 Å². The molecule has 0 aliphatic heterocycles. The van der Waals surface area contributed by atoms with Crippen molar-refractivity contribution >= 4 is 23.3 Å². The molecular formula is C10H10N2O5. The van der Waals surface area contributed by atoms with Crippen molar-refractivity contribution in [2.24, 2.45) is 0 Å². The number of ether oxygens (including phenoxy) is 1. The number of benzene rings is 1. The first-order valence-electron chi connectivity index (χ1n) is 4.77. The summed E-state index contributed by atoms with van der Waals surface area (Å²) in [5.41, 5.74) is -0.333. The van der Waals surface area contributed by atoms with E-state index in [9.17, 15) is 19.7 Å². The first-order valence-corrected chi connectivity index (χ1v) is 4.77. The Morgan fingerprint density at radius 1 is 1.41 bits per heavy atom. The number of nitrogens with zero attached hydrogens (tertiary/aromatic N) is 1. The fraction of sp³-hybridized carbons (Fsp3) is 0.200. The van der Waals surface area contributed by atoms with Crippen LogP contribution in [0.15, 0.2) is 24.3 Å². The van der Waals surface area contributed by atoms with E-state index < -0.39 is 16.8 Å². The quantitative estimate of drug-likeness (QED) is 0.368. The van der Waals surface area contributed by atoms with Gasteiger partial charge in [-0.05, 0) is 13.0 Å². The molecule has 1 aromatic carbocycles. The normalized spacial score (nSPS) is 9.47. The highest BCUT2D eigenvalue weighted by molar-refractivity contribution is 6.37. The zero-order chi connectivity index (χ0) is 12.8. The van der Waals surface area contributed by atoms with E-state index in [0.717, 1.165) is 0 Å². The van der Waals surface area contributed by atoms with Gasteiger partial charge in [0.05, 0.1) is 11.5 Å². The lowest BCUT2D eigenvalue weighted by Gasteiger charge is -2.04. The van der Waals surface area contributed by atoms with Crippen LogP contribution in [-0.2, 0) is 14.3 Å². The molecule has 0 spiro atoms. The molecule has 7 heteroatoms. The monoisotopic (exact) mass is 238 g/mol. The SMILES string of the molecule is CCOC(=O)C(=O)Nc1ccccc1[N+](=O)[O-]. The number of esters is 1. The van der Waals surface area contributed by atoms with Gasteiger partial charge in [0.25, 0.3) is 5.69 Å². The van der Waals surface area contributed by atoms with Gasteiger partial charge in [-0.15, -0.1) is 0 Å². The summed E-state index contributed by atoms with van der Waals surface area (Å²) in [6.45, 7) is 1.61. The van der Waals surface area contributed by atoms with E-state index in [0.29, 0.717) is 0 Å². The third-order valence-corrected chi connectivity index (χ3v) is 1.81. The number of carbonyl (C=O) groups is 2. The molecule has 0 radical (unpaired) electrons. The summed E-state index contributed by atoms with van der Waals surface area (Å²) in [5, 5.41) is 12.8. The molecule has 90 valence electrons. The molecular weight excluding hydrogens is 228 g/mol. The number of carbonyl (C=O) groups excluding carboxylic acids is 2. The van der Waals surface area contributed by atoms with Crippen molar-refractivity contribution in [2.75, 3.05) is 11.9 Å². The van der Waals surface area contributed by atoms with Crippen LogP contribution in [0.25, 0.3) is 0 Å². The molecule has 0 aliphatic rings. The summed E-state index contributed by atoms with van der Waals surface area (Å²) < 4.78 is 4.46. The Hall–Kier alpha value is -2.44. The van der Waals surface area contributed by atoms with Gasteiger partial charge in [0, 0.05) is 6.07 Å². The highest BCUT2D eigenvalue weighted by atomic mass is 16.6. The van der Waals surface area contributed by atoms with Gasteiger partial charge in [-0.3, -0.25) is 14.9 Å². The minimum Gasteiger partial charge on any atom is -0.459 e. The summed E-state index contributed by atoms with van der Waals surface area (Å²) in [6.07, 6.45) is 0. The minimum atomic E-state index is -1.08. The predicted octanol–water partition coefficient (Wildman–Crippen LogP) is 1.10. The number of anilines is 1. The van der Waals surface area contributed by atoms with E-state index in [1.165, 1.54) is 24.3 Å². The van der Waals surface area contributed by atoms with E-state index in [1.807, 2.05) is 0 Å². The minimum absolute atomic E-state index is 0.0458. The highest BCUT2D eigenvalue weighted by Gasteiger charge is 2.19. The van der Waals surface area contributed by atoms with Crippen LogP contribution >= 0.6 is 0 Å². The number of amides is 1. The van der Waals surface area contributed by atoms with E-state index in [2.05, 4.69) is 10.1 Å². The Morgan fingerprint density at radius 2 is 2.06 bits per heavy atom. The first-order chi connectivity index (χ1) is 8.06. The number of hydrogen-bond acceptors (Lipinski definition) is 5. The number of rotatable bonds is 3. The average molecular weight is 238 g/mol. The Kier molecular flexibility index (Phi) is 4.15. The van der Waals surface area contributed by atoms with E-state index in [-0.39, 0.29) is 18.0 Å². The molecule has 0 heterocycles.